The lowest BCUT2D eigenvalue weighted by atomic mass is 10.2. The average molecular weight is 567 g/mol. The van der Waals surface area contributed by atoms with Crippen molar-refractivity contribution >= 4 is 50.7 Å². The fourth-order valence-electron chi connectivity index (χ4n) is 2.97. The van der Waals surface area contributed by atoms with Crippen LogP contribution in [-0.2, 0) is 16.3 Å². The van der Waals surface area contributed by atoms with Crippen LogP contribution >= 0.6 is 24.0 Å². The number of fused-ring (bicyclic) bond motifs is 1. The van der Waals surface area contributed by atoms with Crippen molar-refractivity contribution in [2.75, 3.05) is 40.1 Å². The Balaban J connectivity index is 0.00000480. The van der Waals surface area contributed by atoms with Crippen molar-refractivity contribution in [1.82, 2.24) is 15.6 Å². The summed E-state index contributed by atoms with van der Waals surface area (Å²) in [4.78, 5) is 7.56. The number of aromatic amines is 1. The highest BCUT2D eigenvalue weighted by Crippen LogP contribution is 2.31. The molecule has 10 heteroatoms. The Bertz CT molecular complexity index is 981. The molecule has 0 bridgehead atoms. The quantitative estimate of drug-likeness (QED) is 0.187. The lowest BCUT2D eigenvalue weighted by Crippen LogP contribution is -2.42. The van der Waals surface area contributed by atoms with Crippen molar-refractivity contribution in [3.63, 3.8) is 0 Å². The maximum Gasteiger partial charge on any atom is 0.191 e. The highest BCUT2D eigenvalue weighted by molar-refractivity contribution is 14.0. The first kappa shape index (κ1) is 27.3. The first-order chi connectivity index (χ1) is 14.1. The molecule has 1 heterocycles. The molecule has 1 aromatic heterocycles. The second-order valence-electron chi connectivity index (χ2n) is 8.05. The van der Waals surface area contributed by atoms with Gasteiger partial charge in [0, 0.05) is 43.4 Å². The number of nitrogens with one attached hydrogen (secondary N) is 3. The Morgan fingerprint density at radius 1 is 1.10 bits per heavy atom. The SMILES string of the molecule is CN=C(NCCCc1cc2c(OC)cc(OC)cc2[nH]1)NCCS(=O)(=O)C(C)(C)C.I. The molecule has 0 aliphatic heterocycles. The summed E-state index contributed by atoms with van der Waals surface area (Å²) >= 11 is 0. The number of hydrogen-bond acceptors (Lipinski definition) is 5. The van der Waals surface area contributed by atoms with Crippen LogP contribution in [0.4, 0.5) is 0 Å². The summed E-state index contributed by atoms with van der Waals surface area (Å²) in [6.45, 7) is 6.17. The van der Waals surface area contributed by atoms with E-state index in [1.807, 2.05) is 12.1 Å². The Morgan fingerprint density at radius 2 is 1.77 bits per heavy atom. The molecule has 176 valence electrons. The van der Waals surface area contributed by atoms with Crippen molar-refractivity contribution in [2.45, 2.75) is 38.4 Å². The highest BCUT2D eigenvalue weighted by atomic mass is 127. The number of methoxy groups -OCH3 is 2. The van der Waals surface area contributed by atoms with Crippen molar-refractivity contribution in [1.29, 1.82) is 0 Å². The average Bonchev–Trinajstić information content (AvgIpc) is 3.10. The van der Waals surface area contributed by atoms with Gasteiger partial charge in [0.15, 0.2) is 15.8 Å². The lowest BCUT2D eigenvalue weighted by Gasteiger charge is -2.19. The summed E-state index contributed by atoms with van der Waals surface area (Å²) in [6, 6.07) is 5.92. The largest absolute Gasteiger partial charge is 0.497 e. The van der Waals surface area contributed by atoms with E-state index < -0.39 is 14.6 Å². The molecule has 8 nitrogen and oxygen atoms in total. The number of aromatic nitrogens is 1. The predicted octanol–water partition coefficient (Wildman–Crippen LogP) is 3.11. The third kappa shape index (κ3) is 7.44. The maximum atomic E-state index is 12.2. The number of aryl methyl sites for hydroxylation is 1. The number of rotatable bonds is 9. The van der Waals surface area contributed by atoms with Crippen LogP contribution in [0.15, 0.2) is 23.2 Å². The van der Waals surface area contributed by atoms with Crippen LogP contribution in [0.5, 0.6) is 11.5 Å². The van der Waals surface area contributed by atoms with Crippen LogP contribution in [0.1, 0.15) is 32.9 Å². The third-order valence-electron chi connectivity index (χ3n) is 4.92. The molecule has 0 atom stereocenters. The van der Waals surface area contributed by atoms with Gasteiger partial charge < -0.3 is 25.1 Å². The molecule has 0 amide bonds. The van der Waals surface area contributed by atoms with Crippen molar-refractivity contribution in [2.24, 2.45) is 4.99 Å². The number of guanidine groups is 1. The van der Waals surface area contributed by atoms with Gasteiger partial charge in [0.1, 0.15) is 11.5 Å². The standard InChI is InChI=1S/C21H34N4O4S.HI/c1-21(2,3)30(26,27)11-10-24-20(22-4)23-9-7-8-15-12-17-18(25-15)13-16(28-5)14-19(17)29-6;/h12-14,25H,7-11H2,1-6H3,(H2,22,23,24);1H. The van der Waals surface area contributed by atoms with Gasteiger partial charge in [-0.3, -0.25) is 4.99 Å². The number of aliphatic imine (C=N–C) groups is 1. The molecule has 0 radical (unpaired) electrons. The second kappa shape index (κ2) is 11.8. The number of benzene rings is 1. The molecular weight excluding hydrogens is 531 g/mol. The molecule has 3 N–H and O–H groups in total. The lowest BCUT2D eigenvalue weighted by molar-refractivity contribution is 0.398. The molecule has 1 aromatic carbocycles. The molecular formula is C21H35IN4O4S. The molecule has 0 saturated heterocycles. The van der Waals surface area contributed by atoms with E-state index in [-0.39, 0.29) is 29.7 Å². The molecule has 2 aromatic rings. The van der Waals surface area contributed by atoms with Crippen LogP contribution in [0.2, 0.25) is 0 Å². The topological polar surface area (TPSA) is 105 Å². The number of ether oxygens (including phenoxy) is 2. The fraction of sp³-hybridized carbons (Fsp3) is 0.571. The van der Waals surface area contributed by atoms with Gasteiger partial charge in [-0.25, -0.2) is 8.42 Å². The Labute approximate surface area is 202 Å². The Kier molecular flexibility index (Phi) is 10.4. The second-order valence-corrected chi connectivity index (χ2v) is 10.9. The number of nitrogens with zero attached hydrogens (tertiary/aromatic N) is 1. The summed E-state index contributed by atoms with van der Waals surface area (Å²) in [7, 11) is 1.80. The molecule has 0 aliphatic carbocycles. The zero-order valence-electron chi connectivity index (χ0n) is 19.2. The molecule has 0 unspecified atom stereocenters. The smallest absolute Gasteiger partial charge is 0.191 e. The number of sulfone groups is 1. The van der Waals surface area contributed by atoms with Gasteiger partial charge in [-0.05, 0) is 39.7 Å². The van der Waals surface area contributed by atoms with Crippen LogP contribution in [0, 0.1) is 0 Å². The fourth-order valence-corrected chi connectivity index (χ4v) is 3.96. The zero-order chi connectivity index (χ0) is 22.4. The van der Waals surface area contributed by atoms with E-state index in [4.69, 9.17) is 9.47 Å². The van der Waals surface area contributed by atoms with Crippen LogP contribution < -0.4 is 20.1 Å². The monoisotopic (exact) mass is 566 g/mol. The first-order valence-electron chi connectivity index (χ1n) is 10.0. The van der Waals surface area contributed by atoms with Gasteiger partial charge in [-0.2, -0.15) is 0 Å². The number of hydrogen-bond donors (Lipinski definition) is 3. The molecule has 0 spiro atoms. The third-order valence-corrected chi connectivity index (χ3v) is 7.53. The minimum atomic E-state index is -3.16. The first-order valence-corrected chi connectivity index (χ1v) is 11.7. The molecule has 31 heavy (non-hydrogen) atoms. The van der Waals surface area contributed by atoms with E-state index in [2.05, 4.69) is 26.7 Å². The van der Waals surface area contributed by atoms with Crippen molar-refractivity contribution in [3.05, 3.63) is 23.9 Å². The van der Waals surface area contributed by atoms with Gasteiger partial charge in [0.25, 0.3) is 0 Å². The van der Waals surface area contributed by atoms with Gasteiger partial charge >= 0.3 is 0 Å². The van der Waals surface area contributed by atoms with Crippen molar-refractivity contribution in [3.8, 4) is 11.5 Å². The molecule has 0 saturated carbocycles. The highest BCUT2D eigenvalue weighted by Gasteiger charge is 2.28. The molecule has 2 rings (SSSR count). The number of halogens is 1. The Morgan fingerprint density at radius 3 is 2.35 bits per heavy atom. The van der Waals surface area contributed by atoms with E-state index in [0.29, 0.717) is 19.0 Å². The van der Waals surface area contributed by atoms with E-state index in [1.54, 1.807) is 42.0 Å². The van der Waals surface area contributed by atoms with Crippen LogP contribution in [0.3, 0.4) is 0 Å². The summed E-state index contributed by atoms with van der Waals surface area (Å²) < 4.78 is 34.4. The Hall–Kier alpha value is -1.69. The van der Waals surface area contributed by atoms with Gasteiger partial charge in [-0.1, -0.05) is 0 Å². The van der Waals surface area contributed by atoms with E-state index in [0.717, 1.165) is 40.9 Å². The van der Waals surface area contributed by atoms with Gasteiger partial charge in [-0.15, -0.1) is 24.0 Å². The molecule has 0 fully saturated rings. The zero-order valence-corrected chi connectivity index (χ0v) is 22.3. The van der Waals surface area contributed by atoms with E-state index in [1.165, 1.54) is 0 Å². The van der Waals surface area contributed by atoms with E-state index >= 15 is 0 Å². The minimum Gasteiger partial charge on any atom is -0.497 e. The van der Waals surface area contributed by atoms with Crippen LogP contribution in [-0.4, -0.2) is 64.2 Å². The van der Waals surface area contributed by atoms with E-state index in [9.17, 15) is 8.42 Å². The normalized spacial score (nSPS) is 12.4. The summed E-state index contributed by atoms with van der Waals surface area (Å²) in [6.07, 6.45) is 1.73. The van der Waals surface area contributed by atoms with Crippen LogP contribution in [0.25, 0.3) is 10.9 Å². The predicted molar refractivity (Wildman–Crippen MR) is 138 cm³/mol. The van der Waals surface area contributed by atoms with Gasteiger partial charge in [0.2, 0.25) is 0 Å². The summed E-state index contributed by atoms with van der Waals surface area (Å²) in [5.74, 6) is 2.19. The number of H-pyrrole nitrogens is 1. The summed E-state index contributed by atoms with van der Waals surface area (Å²) in [5.41, 5.74) is 2.09. The summed E-state index contributed by atoms with van der Waals surface area (Å²) in [5, 5.41) is 7.32. The van der Waals surface area contributed by atoms with Gasteiger partial charge in [0.05, 0.1) is 30.2 Å². The molecule has 0 aliphatic rings. The van der Waals surface area contributed by atoms with Crippen molar-refractivity contribution < 1.29 is 17.9 Å². The maximum absolute atomic E-state index is 12.2. The minimum absolute atomic E-state index is 0.